The number of nitriles is 1. The van der Waals surface area contributed by atoms with E-state index in [1.165, 1.54) is 0 Å². The minimum atomic E-state index is -1.57. The van der Waals surface area contributed by atoms with Crippen LogP contribution in [0.5, 0.6) is 5.75 Å². The van der Waals surface area contributed by atoms with Crippen LogP contribution in [0.3, 0.4) is 0 Å². The summed E-state index contributed by atoms with van der Waals surface area (Å²) in [4.78, 5) is 43.5. The van der Waals surface area contributed by atoms with Crippen molar-refractivity contribution in [2.75, 3.05) is 6.61 Å². The van der Waals surface area contributed by atoms with E-state index in [-0.39, 0.29) is 31.0 Å². The number of carbonyl (C=O) groups is 3. The first-order valence-electron chi connectivity index (χ1n) is 14.5. The van der Waals surface area contributed by atoms with Crippen molar-refractivity contribution in [3.63, 3.8) is 0 Å². The molecular weight excluding hydrogens is 526 g/mol. The molecular formula is C36H27NO5. The molecule has 4 aliphatic carbocycles. The lowest BCUT2D eigenvalue weighted by molar-refractivity contribution is -0.155. The SMILES string of the molecule is CCOC(=O)C(C#N)[C@@H]1c2ccccc2[C@@]23Cc4c(ccc5ccccc45)O[C@@]24C(=O)C[C@H](c2ccccc24)[C@@H]1C3=O. The Labute approximate surface area is 242 Å². The third-order valence-corrected chi connectivity index (χ3v) is 10.2. The second-order valence-corrected chi connectivity index (χ2v) is 11.8. The zero-order valence-corrected chi connectivity index (χ0v) is 23.0. The van der Waals surface area contributed by atoms with Gasteiger partial charge in [0.1, 0.15) is 11.2 Å². The van der Waals surface area contributed by atoms with Crippen LogP contribution in [0.1, 0.15) is 53.0 Å². The van der Waals surface area contributed by atoms with Crippen LogP contribution in [-0.2, 0) is 36.6 Å². The lowest BCUT2D eigenvalue weighted by Crippen LogP contribution is -2.66. The molecule has 6 atom stereocenters. The van der Waals surface area contributed by atoms with E-state index in [1.807, 2.05) is 84.9 Å². The number of fused-ring (bicyclic) bond motifs is 5. The van der Waals surface area contributed by atoms with Crippen LogP contribution >= 0.6 is 0 Å². The molecule has 1 heterocycles. The van der Waals surface area contributed by atoms with Crippen LogP contribution in [0.4, 0.5) is 0 Å². The Morgan fingerprint density at radius 1 is 0.976 bits per heavy atom. The fourth-order valence-corrected chi connectivity index (χ4v) is 8.71. The van der Waals surface area contributed by atoms with Gasteiger partial charge in [-0.05, 0) is 46.9 Å². The molecule has 4 aromatic rings. The number of rotatable bonds is 3. The van der Waals surface area contributed by atoms with Crippen molar-refractivity contribution in [2.45, 2.75) is 42.6 Å². The van der Waals surface area contributed by atoms with Gasteiger partial charge in [-0.15, -0.1) is 0 Å². The molecule has 0 amide bonds. The molecule has 2 spiro atoms. The minimum Gasteiger partial charge on any atom is -0.473 e. The summed E-state index contributed by atoms with van der Waals surface area (Å²) in [6.07, 6.45) is 0.357. The normalized spacial score (nSPS) is 28.7. The van der Waals surface area contributed by atoms with Gasteiger partial charge in [0.15, 0.2) is 17.5 Å². The number of benzene rings is 4. The van der Waals surface area contributed by atoms with Crippen LogP contribution in [0, 0.1) is 23.2 Å². The second-order valence-electron chi connectivity index (χ2n) is 11.8. The van der Waals surface area contributed by atoms with Gasteiger partial charge in [0.2, 0.25) is 5.60 Å². The molecule has 1 saturated carbocycles. The molecule has 0 radical (unpaired) electrons. The van der Waals surface area contributed by atoms with Crippen LogP contribution in [-0.4, -0.2) is 24.1 Å². The van der Waals surface area contributed by atoms with Crippen LogP contribution in [0.2, 0.25) is 0 Å². The third-order valence-electron chi connectivity index (χ3n) is 10.2. The van der Waals surface area contributed by atoms with E-state index in [0.29, 0.717) is 16.9 Å². The molecule has 1 unspecified atom stereocenters. The van der Waals surface area contributed by atoms with Gasteiger partial charge in [-0.25, -0.2) is 0 Å². The van der Waals surface area contributed by atoms with E-state index in [0.717, 1.165) is 27.5 Å². The standard InChI is InChI=1S/C36H27NO5/c1-2-41-34(40)26(19-37)31-23-12-6-7-13-27(23)35-18-25-21-10-4-3-9-20(21)15-16-29(25)42-36(35)28-14-8-5-11-22(28)24(17-30(36)38)32(31)33(35)39/h3-16,24,26,31-32H,2,17-18H2,1H3/t24-,26?,31+,32+,35-,36+/m1/s1. The average molecular weight is 554 g/mol. The van der Waals surface area contributed by atoms with Crippen LogP contribution in [0.15, 0.2) is 84.9 Å². The molecule has 1 aliphatic heterocycles. The first-order valence-corrected chi connectivity index (χ1v) is 14.5. The minimum absolute atomic E-state index is 0.0869. The third kappa shape index (κ3) is 2.81. The highest BCUT2D eigenvalue weighted by Gasteiger charge is 2.75. The molecule has 0 N–H and O–H groups in total. The first kappa shape index (κ1) is 25.0. The highest BCUT2D eigenvalue weighted by Crippen LogP contribution is 2.68. The summed E-state index contributed by atoms with van der Waals surface area (Å²) < 4.78 is 12.4. The van der Waals surface area contributed by atoms with Crippen molar-refractivity contribution in [1.82, 2.24) is 0 Å². The number of hydrogen-bond donors (Lipinski definition) is 0. The molecule has 4 bridgehead atoms. The molecule has 6 heteroatoms. The van der Waals surface area contributed by atoms with E-state index < -0.39 is 40.7 Å². The summed E-state index contributed by atoms with van der Waals surface area (Å²) in [6, 6.07) is 29.4. The summed E-state index contributed by atoms with van der Waals surface area (Å²) in [5.74, 6) is -3.57. The van der Waals surface area contributed by atoms with E-state index >= 15 is 4.79 Å². The smallest absolute Gasteiger partial charge is 0.323 e. The van der Waals surface area contributed by atoms with E-state index in [2.05, 4.69) is 6.07 Å². The van der Waals surface area contributed by atoms with Crippen LogP contribution in [0.25, 0.3) is 10.8 Å². The Bertz CT molecular complexity index is 1900. The lowest BCUT2D eigenvalue weighted by Gasteiger charge is -2.54. The van der Waals surface area contributed by atoms with Crippen molar-refractivity contribution in [3.8, 4) is 11.8 Å². The Morgan fingerprint density at radius 2 is 1.69 bits per heavy atom. The summed E-state index contributed by atoms with van der Waals surface area (Å²) >= 11 is 0. The Kier molecular flexibility index (Phi) is 5.13. The van der Waals surface area contributed by atoms with Gasteiger partial charge in [-0.1, -0.05) is 78.9 Å². The number of hydrogen-bond acceptors (Lipinski definition) is 6. The van der Waals surface area contributed by atoms with Gasteiger partial charge >= 0.3 is 5.97 Å². The zero-order chi connectivity index (χ0) is 28.8. The largest absolute Gasteiger partial charge is 0.473 e. The van der Waals surface area contributed by atoms with E-state index in [9.17, 15) is 14.9 Å². The van der Waals surface area contributed by atoms with Gasteiger partial charge in [0.25, 0.3) is 0 Å². The summed E-state index contributed by atoms with van der Waals surface area (Å²) in [6.45, 7) is 1.83. The first-order chi connectivity index (χ1) is 20.5. The van der Waals surface area contributed by atoms with Gasteiger partial charge < -0.3 is 9.47 Å². The number of ether oxygens (including phenoxy) is 2. The van der Waals surface area contributed by atoms with Gasteiger partial charge in [-0.2, -0.15) is 5.26 Å². The molecule has 0 saturated heterocycles. The predicted molar refractivity (Wildman–Crippen MR) is 154 cm³/mol. The molecule has 206 valence electrons. The fourth-order valence-electron chi connectivity index (χ4n) is 8.71. The average Bonchev–Trinajstić information content (AvgIpc) is 3.11. The molecule has 5 aliphatic rings. The maximum atomic E-state index is 15.5. The predicted octanol–water partition coefficient (Wildman–Crippen LogP) is 5.66. The maximum absolute atomic E-state index is 15.5. The Morgan fingerprint density at radius 3 is 2.48 bits per heavy atom. The molecule has 9 rings (SSSR count). The van der Waals surface area contributed by atoms with Crippen molar-refractivity contribution in [3.05, 3.63) is 113 Å². The number of nitrogens with zero attached hydrogens (tertiary/aromatic N) is 1. The number of ketones is 2. The molecule has 6 nitrogen and oxygen atoms in total. The monoisotopic (exact) mass is 553 g/mol. The van der Waals surface area contributed by atoms with Crippen molar-refractivity contribution < 1.29 is 23.9 Å². The summed E-state index contributed by atoms with van der Waals surface area (Å²) in [5.41, 5.74) is 0.914. The van der Waals surface area contributed by atoms with Crippen molar-refractivity contribution in [1.29, 1.82) is 5.26 Å². The topological polar surface area (TPSA) is 93.5 Å². The van der Waals surface area contributed by atoms with E-state index in [1.54, 1.807) is 6.92 Å². The van der Waals surface area contributed by atoms with Gasteiger partial charge in [0.05, 0.1) is 12.7 Å². The van der Waals surface area contributed by atoms with Gasteiger partial charge in [-0.3, -0.25) is 14.4 Å². The van der Waals surface area contributed by atoms with E-state index in [4.69, 9.17) is 9.47 Å². The number of carbonyl (C=O) groups excluding carboxylic acids is 3. The number of Topliss-reactive ketones (excluding diaryl/α,β-unsaturated/α-hetero) is 2. The second kappa shape index (κ2) is 8.62. The molecule has 42 heavy (non-hydrogen) atoms. The van der Waals surface area contributed by atoms with Crippen molar-refractivity contribution >= 4 is 28.3 Å². The van der Waals surface area contributed by atoms with Gasteiger partial charge in [0, 0.05) is 35.3 Å². The van der Waals surface area contributed by atoms with Crippen LogP contribution < -0.4 is 4.74 Å². The quantitative estimate of drug-likeness (QED) is 0.304. The Balaban J connectivity index is 1.52. The highest BCUT2D eigenvalue weighted by molar-refractivity contribution is 6.10. The van der Waals surface area contributed by atoms with Crippen molar-refractivity contribution in [2.24, 2.45) is 11.8 Å². The highest BCUT2D eigenvalue weighted by atomic mass is 16.5. The number of esters is 1. The fraction of sp³-hybridized carbons (Fsp3) is 0.278. The summed E-state index contributed by atoms with van der Waals surface area (Å²) in [5, 5.41) is 12.4. The maximum Gasteiger partial charge on any atom is 0.323 e. The molecule has 4 aromatic carbocycles. The molecule has 0 aromatic heterocycles. The lowest BCUT2D eigenvalue weighted by atomic mass is 9.51. The molecule has 1 fully saturated rings. The summed E-state index contributed by atoms with van der Waals surface area (Å²) in [7, 11) is 0. The Hall–Kier alpha value is -4.76. The zero-order valence-electron chi connectivity index (χ0n) is 23.0.